The lowest BCUT2D eigenvalue weighted by Gasteiger charge is -2.07. The SMILES string of the molecule is C=C(Cc1ccccc1)NC(=O)c1cc2ccccc2[nH]1. The smallest absolute Gasteiger partial charge is 0.271 e. The van der Waals surface area contributed by atoms with Crippen LogP contribution in [0.25, 0.3) is 10.9 Å². The zero-order chi connectivity index (χ0) is 14.7. The van der Waals surface area contributed by atoms with E-state index in [1.54, 1.807) is 0 Å². The number of hydrogen-bond donors (Lipinski definition) is 2. The van der Waals surface area contributed by atoms with Gasteiger partial charge in [0.1, 0.15) is 5.69 Å². The van der Waals surface area contributed by atoms with Crippen LogP contribution in [0.4, 0.5) is 0 Å². The molecule has 3 rings (SSSR count). The first kappa shape index (κ1) is 13.2. The molecule has 3 nitrogen and oxygen atoms in total. The molecule has 2 aromatic carbocycles. The molecular formula is C18H16N2O. The number of rotatable bonds is 4. The van der Waals surface area contributed by atoms with Crippen molar-refractivity contribution in [1.29, 1.82) is 0 Å². The first-order chi connectivity index (χ1) is 10.2. The van der Waals surface area contributed by atoms with E-state index < -0.39 is 0 Å². The van der Waals surface area contributed by atoms with E-state index >= 15 is 0 Å². The van der Waals surface area contributed by atoms with Crippen molar-refractivity contribution in [3.63, 3.8) is 0 Å². The molecule has 2 N–H and O–H groups in total. The number of benzene rings is 2. The molecule has 3 aromatic rings. The van der Waals surface area contributed by atoms with Gasteiger partial charge in [-0.3, -0.25) is 4.79 Å². The molecule has 1 amide bonds. The predicted molar refractivity (Wildman–Crippen MR) is 85.1 cm³/mol. The van der Waals surface area contributed by atoms with Crippen LogP contribution in [0.3, 0.4) is 0 Å². The molecule has 0 atom stereocenters. The van der Waals surface area contributed by atoms with Crippen LogP contribution >= 0.6 is 0 Å². The molecule has 0 saturated carbocycles. The Morgan fingerprint density at radius 2 is 1.76 bits per heavy atom. The second-order valence-corrected chi connectivity index (χ2v) is 4.99. The van der Waals surface area contributed by atoms with E-state index in [1.807, 2.05) is 60.7 Å². The molecule has 0 spiro atoms. The number of H-pyrrole nitrogens is 1. The maximum absolute atomic E-state index is 12.2. The van der Waals surface area contributed by atoms with Gasteiger partial charge in [0.15, 0.2) is 0 Å². The van der Waals surface area contributed by atoms with Gasteiger partial charge >= 0.3 is 0 Å². The van der Waals surface area contributed by atoms with Crippen LogP contribution in [-0.4, -0.2) is 10.9 Å². The van der Waals surface area contributed by atoms with Crippen molar-refractivity contribution in [3.05, 3.63) is 84.2 Å². The number of nitrogens with one attached hydrogen (secondary N) is 2. The van der Waals surface area contributed by atoms with Gasteiger partial charge in [-0.05, 0) is 17.7 Å². The first-order valence-corrected chi connectivity index (χ1v) is 6.83. The van der Waals surface area contributed by atoms with E-state index in [4.69, 9.17) is 0 Å². The highest BCUT2D eigenvalue weighted by Crippen LogP contribution is 2.15. The molecule has 0 unspecified atom stereocenters. The molecule has 0 fully saturated rings. The van der Waals surface area contributed by atoms with Crippen molar-refractivity contribution < 1.29 is 4.79 Å². The van der Waals surface area contributed by atoms with Crippen molar-refractivity contribution in [1.82, 2.24) is 10.3 Å². The zero-order valence-corrected chi connectivity index (χ0v) is 11.6. The Kier molecular flexibility index (Phi) is 3.56. The molecule has 0 saturated heterocycles. The molecular weight excluding hydrogens is 260 g/mol. The largest absolute Gasteiger partial charge is 0.351 e. The predicted octanol–water partition coefficient (Wildman–Crippen LogP) is 3.65. The van der Waals surface area contributed by atoms with E-state index in [1.165, 1.54) is 0 Å². The fourth-order valence-corrected chi connectivity index (χ4v) is 2.31. The third-order valence-corrected chi connectivity index (χ3v) is 3.33. The minimum atomic E-state index is -0.160. The summed E-state index contributed by atoms with van der Waals surface area (Å²) < 4.78 is 0. The highest BCUT2D eigenvalue weighted by molar-refractivity contribution is 5.98. The number of carbonyl (C=O) groups excluding carboxylic acids is 1. The monoisotopic (exact) mass is 276 g/mol. The number of fused-ring (bicyclic) bond motifs is 1. The van der Waals surface area contributed by atoms with E-state index in [-0.39, 0.29) is 5.91 Å². The van der Waals surface area contributed by atoms with Gasteiger partial charge in [-0.15, -0.1) is 0 Å². The molecule has 21 heavy (non-hydrogen) atoms. The van der Waals surface area contributed by atoms with Crippen LogP contribution in [0.5, 0.6) is 0 Å². The summed E-state index contributed by atoms with van der Waals surface area (Å²) in [5.74, 6) is -0.160. The van der Waals surface area contributed by atoms with Crippen molar-refractivity contribution in [2.45, 2.75) is 6.42 Å². The number of amides is 1. The third-order valence-electron chi connectivity index (χ3n) is 3.33. The van der Waals surface area contributed by atoms with Gasteiger partial charge < -0.3 is 10.3 Å². The fraction of sp³-hybridized carbons (Fsp3) is 0.0556. The second-order valence-electron chi connectivity index (χ2n) is 4.99. The summed E-state index contributed by atoms with van der Waals surface area (Å²) in [5, 5.41) is 3.87. The highest BCUT2D eigenvalue weighted by Gasteiger charge is 2.10. The van der Waals surface area contributed by atoms with Gasteiger partial charge in [-0.1, -0.05) is 55.1 Å². The van der Waals surface area contributed by atoms with Gasteiger partial charge in [0, 0.05) is 23.0 Å². The van der Waals surface area contributed by atoms with Gasteiger partial charge in [0.25, 0.3) is 5.91 Å². The molecule has 0 bridgehead atoms. The Morgan fingerprint density at radius 1 is 1.05 bits per heavy atom. The molecule has 104 valence electrons. The van der Waals surface area contributed by atoms with E-state index in [0.29, 0.717) is 17.8 Å². The topological polar surface area (TPSA) is 44.9 Å². The van der Waals surface area contributed by atoms with Crippen LogP contribution in [0.1, 0.15) is 16.1 Å². The van der Waals surface area contributed by atoms with Gasteiger partial charge in [-0.2, -0.15) is 0 Å². The Bertz CT molecular complexity index is 754. The summed E-state index contributed by atoms with van der Waals surface area (Å²) in [6.07, 6.45) is 0.632. The van der Waals surface area contributed by atoms with E-state index in [2.05, 4.69) is 16.9 Å². The average molecular weight is 276 g/mol. The van der Waals surface area contributed by atoms with E-state index in [9.17, 15) is 4.79 Å². The molecule has 0 radical (unpaired) electrons. The quantitative estimate of drug-likeness (QED) is 0.750. The summed E-state index contributed by atoms with van der Waals surface area (Å²) in [6.45, 7) is 3.92. The molecule has 0 aliphatic heterocycles. The molecule has 3 heteroatoms. The zero-order valence-electron chi connectivity index (χ0n) is 11.6. The normalized spacial score (nSPS) is 10.5. The van der Waals surface area contributed by atoms with Crippen LogP contribution in [0.2, 0.25) is 0 Å². The Hall–Kier alpha value is -2.81. The Balaban J connectivity index is 1.69. The third kappa shape index (κ3) is 3.03. The lowest BCUT2D eigenvalue weighted by molar-refractivity contribution is 0.0961. The highest BCUT2D eigenvalue weighted by atomic mass is 16.1. The maximum atomic E-state index is 12.2. The summed E-state index contributed by atoms with van der Waals surface area (Å²) in [7, 11) is 0. The molecule has 1 heterocycles. The minimum absolute atomic E-state index is 0.160. The number of aromatic nitrogens is 1. The summed E-state index contributed by atoms with van der Waals surface area (Å²) in [6, 6.07) is 19.6. The summed E-state index contributed by atoms with van der Waals surface area (Å²) in [5.41, 5.74) is 3.31. The Labute approximate surface area is 123 Å². The van der Waals surface area contributed by atoms with Gasteiger partial charge in [-0.25, -0.2) is 0 Å². The van der Waals surface area contributed by atoms with Crippen LogP contribution in [0, 0.1) is 0 Å². The number of para-hydroxylation sites is 1. The maximum Gasteiger partial charge on any atom is 0.271 e. The Morgan fingerprint density at radius 3 is 2.52 bits per heavy atom. The van der Waals surface area contributed by atoms with Gasteiger partial charge in [0.2, 0.25) is 0 Å². The number of hydrogen-bond acceptors (Lipinski definition) is 1. The molecule has 1 aromatic heterocycles. The minimum Gasteiger partial charge on any atom is -0.351 e. The number of allylic oxidation sites excluding steroid dienone is 1. The van der Waals surface area contributed by atoms with Crippen molar-refractivity contribution in [2.75, 3.05) is 0 Å². The second kappa shape index (κ2) is 5.67. The first-order valence-electron chi connectivity index (χ1n) is 6.83. The average Bonchev–Trinajstić information content (AvgIpc) is 2.92. The van der Waals surface area contributed by atoms with Crippen molar-refractivity contribution in [2.24, 2.45) is 0 Å². The van der Waals surface area contributed by atoms with E-state index in [0.717, 1.165) is 16.5 Å². The van der Waals surface area contributed by atoms with Crippen LogP contribution in [0.15, 0.2) is 72.9 Å². The lowest BCUT2D eigenvalue weighted by Crippen LogP contribution is -2.23. The molecule has 0 aliphatic rings. The fourth-order valence-electron chi connectivity index (χ4n) is 2.31. The number of carbonyl (C=O) groups is 1. The van der Waals surface area contributed by atoms with Crippen LogP contribution in [-0.2, 0) is 6.42 Å². The summed E-state index contributed by atoms with van der Waals surface area (Å²) in [4.78, 5) is 15.3. The number of aromatic amines is 1. The van der Waals surface area contributed by atoms with Crippen LogP contribution < -0.4 is 5.32 Å². The standard InChI is InChI=1S/C18H16N2O/c1-13(11-14-7-3-2-4-8-14)19-18(21)17-12-15-9-5-6-10-16(15)20-17/h2-10,12,20H,1,11H2,(H,19,21). The van der Waals surface area contributed by atoms with Gasteiger partial charge in [0.05, 0.1) is 0 Å². The lowest BCUT2D eigenvalue weighted by atomic mass is 10.1. The summed E-state index contributed by atoms with van der Waals surface area (Å²) >= 11 is 0. The molecule has 0 aliphatic carbocycles. The van der Waals surface area contributed by atoms with Crippen molar-refractivity contribution in [3.8, 4) is 0 Å². The van der Waals surface area contributed by atoms with Crippen molar-refractivity contribution >= 4 is 16.8 Å².